The summed E-state index contributed by atoms with van der Waals surface area (Å²) in [6, 6.07) is 13.5. The number of amides is 1. The lowest BCUT2D eigenvalue weighted by Crippen LogP contribution is -2.35. The highest BCUT2D eigenvalue weighted by Gasteiger charge is 2.21. The summed E-state index contributed by atoms with van der Waals surface area (Å²) in [6.45, 7) is 2.67. The fourth-order valence-electron chi connectivity index (χ4n) is 2.52. The van der Waals surface area contributed by atoms with Gasteiger partial charge in [-0.25, -0.2) is 0 Å². The van der Waals surface area contributed by atoms with Gasteiger partial charge in [0.25, 0.3) is 5.91 Å². The molecule has 0 fully saturated rings. The van der Waals surface area contributed by atoms with Crippen molar-refractivity contribution in [1.82, 2.24) is 0 Å². The number of benzene rings is 2. The maximum absolute atomic E-state index is 12.6. The second kappa shape index (κ2) is 7.28. The third kappa shape index (κ3) is 3.82. The molecule has 0 aliphatic carbocycles. The van der Waals surface area contributed by atoms with E-state index in [1.54, 1.807) is 23.9 Å². The maximum atomic E-state index is 12.6. The largest absolute Gasteiger partial charge is 0.484 e. The number of aryl methyl sites for hydroxylation is 1. The standard InChI is InChI=1S/C18H18ClNO2S/c1-13-11-14(7-8-15(13)19)22-12-18(21)20-9-4-10-23-17-6-3-2-5-16(17)20/h2-3,5-8,11H,4,9-10,12H2,1H3. The summed E-state index contributed by atoms with van der Waals surface area (Å²) in [6.07, 6.45) is 0.977. The van der Waals surface area contributed by atoms with E-state index < -0.39 is 0 Å². The number of fused-ring (bicyclic) bond motifs is 1. The van der Waals surface area contributed by atoms with Crippen LogP contribution in [0, 0.1) is 6.92 Å². The molecule has 23 heavy (non-hydrogen) atoms. The molecule has 3 rings (SSSR count). The third-order valence-corrected chi connectivity index (χ3v) is 5.31. The van der Waals surface area contributed by atoms with Gasteiger partial charge >= 0.3 is 0 Å². The number of ether oxygens (including phenoxy) is 1. The molecule has 0 radical (unpaired) electrons. The Morgan fingerprint density at radius 2 is 2.13 bits per heavy atom. The van der Waals surface area contributed by atoms with Crippen molar-refractivity contribution >= 4 is 35.0 Å². The number of anilines is 1. The first kappa shape index (κ1) is 16.2. The zero-order valence-corrected chi connectivity index (χ0v) is 14.5. The first-order valence-electron chi connectivity index (χ1n) is 7.56. The number of carbonyl (C=O) groups is 1. The summed E-state index contributed by atoms with van der Waals surface area (Å²) in [5, 5.41) is 0.696. The summed E-state index contributed by atoms with van der Waals surface area (Å²) in [4.78, 5) is 15.6. The first-order chi connectivity index (χ1) is 11.1. The topological polar surface area (TPSA) is 29.5 Å². The Kier molecular flexibility index (Phi) is 5.13. The van der Waals surface area contributed by atoms with E-state index in [2.05, 4.69) is 6.07 Å². The van der Waals surface area contributed by atoms with Crippen molar-refractivity contribution < 1.29 is 9.53 Å². The molecule has 0 unspecified atom stereocenters. The molecule has 2 aromatic rings. The first-order valence-corrected chi connectivity index (χ1v) is 8.92. The number of carbonyl (C=O) groups excluding carboxylic acids is 1. The van der Waals surface area contributed by atoms with Gasteiger partial charge in [0.2, 0.25) is 0 Å². The molecule has 5 heteroatoms. The molecule has 0 N–H and O–H groups in total. The maximum Gasteiger partial charge on any atom is 0.264 e. The van der Waals surface area contributed by atoms with Crippen molar-refractivity contribution in [2.75, 3.05) is 23.8 Å². The Bertz CT molecular complexity index is 720. The van der Waals surface area contributed by atoms with E-state index in [1.807, 2.05) is 36.1 Å². The van der Waals surface area contributed by atoms with Gasteiger partial charge in [-0.1, -0.05) is 23.7 Å². The van der Waals surface area contributed by atoms with E-state index in [9.17, 15) is 4.79 Å². The van der Waals surface area contributed by atoms with Crippen LogP contribution in [0.1, 0.15) is 12.0 Å². The van der Waals surface area contributed by atoms with Crippen LogP contribution in [0.25, 0.3) is 0 Å². The van der Waals surface area contributed by atoms with Gasteiger partial charge in [-0.3, -0.25) is 4.79 Å². The molecule has 1 heterocycles. The molecule has 1 amide bonds. The van der Waals surface area contributed by atoms with Crippen molar-refractivity contribution in [1.29, 1.82) is 0 Å². The molecule has 0 aromatic heterocycles. The highest BCUT2D eigenvalue weighted by atomic mass is 35.5. The molecule has 2 aromatic carbocycles. The minimum atomic E-state index is -0.0208. The number of thioether (sulfide) groups is 1. The predicted octanol–water partition coefficient (Wildman–Crippen LogP) is 4.56. The Morgan fingerprint density at radius 3 is 2.96 bits per heavy atom. The van der Waals surface area contributed by atoms with Crippen LogP contribution in [0.15, 0.2) is 47.4 Å². The zero-order chi connectivity index (χ0) is 16.2. The molecule has 3 nitrogen and oxygen atoms in total. The molecular formula is C18H18ClNO2S. The van der Waals surface area contributed by atoms with Crippen molar-refractivity contribution in [2.45, 2.75) is 18.2 Å². The smallest absolute Gasteiger partial charge is 0.264 e. The van der Waals surface area contributed by atoms with Gasteiger partial charge in [-0.2, -0.15) is 0 Å². The second-order valence-electron chi connectivity index (χ2n) is 5.41. The number of rotatable bonds is 3. The summed E-state index contributed by atoms with van der Waals surface area (Å²) >= 11 is 7.81. The highest BCUT2D eigenvalue weighted by molar-refractivity contribution is 7.99. The molecule has 0 spiro atoms. The van der Waals surface area contributed by atoms with E-state index in [-0.39, 0.29) is 12.5 Å². The summed E-state index contributed by atoms with van der Waals surface area (Å²) in [7, 11) is 0. The van der Waals surface area contributed by atoms with Crippen molar-refractivity contribution in [2.24, 2.45) is 0 Å². The summed E-state index contributed by atoms with van der Waals surface area (Å²) in [5.41, 5.74) is 1.92. The lowest BCUT2D eigenvalue weighted by Gasteiger charge is -2.22. The highest BCUT2D eigenvalue weighted by Crippen LogP contribution is 2.33. The monoisotopic (exact) mass is 347 g/mol. The fraction of sp³-hybridized carbons (Fsp3) is 0.278. The Morgan fingerprint density at radius 1 is 1.30 bits per heavy atom. The molecule has 1 aliphatic heterocycles. The molecule has 120 valence electrons. The van der Waals surface area contributed by atoms with Gasteiger partial charge in [0.05, 0.1) is 5.69 Å². The predicted molar refractivity (Wildman–Crippen MR) is 95.8 cm³/mol. The van der Waals surface area contributed by atoms with E-state index >= 15 is 0 Å². The molecule has 0 bridgehead atoms. The number of hydrogen-bond acceptors (Lipinski definition) is 3. The summed E-state index contributed by atoms with van der Waals surface area (Å²) in [5.74, 6) is 1.67. The number of halogens is 1. The van der Waals surface area contributed by atoms with Crippen LogP contribution in [-0.4, -0.2) is 24.8 Å². The second-order valence-corrected chi connectivity index (χ2v) is 6.96. The molecule has 0 saturated heterocycles. The van der Waals surface area contributed by atoms with Gasteiger partial charge in [0, 0.05) is 16.5 Å². The van der Waals surface area contributed by atoms with E-state index in [1.165, 1.54) is 0 Å². The van der Waals surface area contributed by atoms with E-state index in [4.69, 9.17) is 16.3 Å². The minimum Gasteiger partial charge on any atom is -0.484 e. The Balaban J connectivity index is 1.71. The number of para-hydroxylation sites is 1. The summed E-state index contributed by atoms with van der Waals surface area (Å²) < 4.78 is 5.66. The van der Waals surface area contributed by atoms with Crippen LogP contribution in [-0.2, 0) is 4.79 Å². The number of nitrogens with zero attached hydrogens (tertiary/aromatic N) is 1. The van der Waals surface area contributed by atoms with Gasteiger partial charge in [0.1, 0.15) is 5.75 Å². The third-order valence-electron chi connectivity index (χ3n) is 3.73. The van der Waals surface area contributed by atoms with Crippen LogP contribution in [0.2, 0.25) is 5.02 Å². The van der Waals surface area contributed by atoms with Crippen LogP contribution in [0.4, 0.5) is 5.69 Å². The van der Waals surface area contributed by atoms with Crippen LogP contribution < -0.4 is 9.64 Å². The molecular weight excluding hydrogens is 330 g/mol. The molecule has 0 atom stereocenters. The van der Waals surface area contributed by atoms with Crippen LogP contribution in [0.5, 0.6) is 5.75 Å². The lowest BCUT2D eigenvalue weighted by molar-refractivity contribution is -0.120. The van der Waals surface area contributed by atoms with Crippen LogP contribution >= 0.6 is 23.4 Å². The SMILES string of the molecule is Cc1cc(OCC(=O)N2CCCSc3ccccc32)ccc1Cl. The van der Waals surface area contributed by atoms with E-state index in [0.717, 1.165) is 34.9 Å². The van der Waals surface area contributed by atoms with E-state index in [0.29, 0.717) is 10.8 Å². The normalized spacial score (nSPS) is 14.1. The Labute approximate surface area is 145 Å². The van der Waals surface area contributed by atoms with Crippen molar-refractivity contribution in [3.63, 3.8) is 0 Å². The average molecular weight is 348 g/mol. The van der Waals surface area contributed by atoms with Crippen molar-refractivity contribution in [3.05, 3.63) is 53.1 Å². The number of hydrogen-bond donors (Lipinski definition) is 0. The van der Waals surface area contributed by atoms with Gasteiger partial charge in [0.15, 0.2) is 6.61 Å². The zero-order valence-electron chi connectivity index (χ0n) is 12.9. The van der Waals surface area contributed by atoms with Gasteiger partial charge < -0.3 is 9.64 Å². The quantitative estimate of drug-likeness (QED) is 0.815. The van der Waals surface area contributed by atoms with Crippen LogP contribution in [0.3, 0.4) is 0 Å². The fourth-order valence-corrected chi connectivity index (χ4v) is 3.63. The Hall–Kier alpha value is -1.65. The lowest BCUT2D eigenvalue weighted by atomic mass is 10.2. The van der Waals surface area contributed by atoms with Gasteiger partial charge in [-0.05, 0) is 55.0 Å². The minimum absolute atomic E-state index is 0.0208. The molecule has 1 aliphatic rings. The van der Waals surface area contributed by atoms with Crippen molar-refractivity contribution in [3.8, 4) is 5.75 Å². The molecule has 0 saturated carbocycles. The average Bonchev–Trinajstić information content (AvgIpc) is 2.78. The van der Waals surface area contributed by atoms with Gasteiger partial charge in [-0.15, -0.1) is 11.8 Å².